The first-order chi connectivity index (χ1) is 9.06. The summed E-state index contributed by atoms with van der Waals surface area (Å²) in [6.07, 6.45) is 1.43. The minimum Gasteiger partial charge on any atom is -0.481 e. The third-order valence-corrected chi connectivity index (χ3v) is 3.28. The summed E-state index contributed by atoms with van der Waals surface area (Å²) < 4.78 is 0. The smallest absolute Gasteiger partial charge is 0.303 e. The van der Waals surface area contributed by atoms with Gasteiger partial charge in [-0.15, -0.1) is 0 Å². The van der Waals surface area contributed by atoms with E-state index in [4.69, 9.17) is 5.11 Å². The summed E-state index contributed by atoms with van der Waals surface area (Å²) in [6.45, 7) is 0. The number of benzene rings is 1. The summed E-state index contributed by atoms with van der Waals surface area (Å²) in [6, 6.07) is 5.46. The molecule has 1 aromatic carbocycles. The maximum Gasteiger partial charge on any atom is 0.303 e. The van der Waals surface area contributed by atoms with Crippen molar-refractivity contribution < 1.29 is 19.8 Å². The van der Waals surface area contributed by atoms with Crippen molar-refractivity contribution in [2.75, 3.05) is 5.32 Å². The number of anilines is 1. The normalized spacial score (nSPS) is 15.5. The van der Waals surface area contributed by atoms with E-state index < -0.39 is 12.1 Å². The van der Waals surface area contributed by atoms with Crippen LogP contribution >= 0.6 is 0 Å². The second kappa shape index (κ2) is 5.84. The first-order valence-electron chi connectivity index (χ1n) is 6.39. The monoisotopic (exact) mass is 263 g/mol. The van der Waals surface area contributed by atoms with Crippen molar-refractivity contribution in [3.05, 3.63) is 29.3 Å². The first kappa shape index (κ1) is 13.5. The van der Waals surface area contributed by atoms with E-state index in [2.05, 4.69) is 5.32 Å². The zero-order valence-electron chi connectivity index (χ0n) is 10.6. The van der Waals surface area contributed by atoms with Crippen molar-refractivity contribution in [2.24, 2.45) is 0 Å². The molecular formula is C14H17NO4. The second-order valence-electron chi connectivity index (χ2n) is 4.77. The van der Waals surface area contributed by atoms with Crippen molar-refractivity contribution in [3.8, 4) is 0 Å². The highest BCUT2D eigenvalue weighted by atomic mass is 16.4. The fourth-order valence-electron chi connectivity index (χ4n) is 2.22. The van der Waals surface area contributed by atoms with Gasteiger partial charge in [0.15, 0.2) is 0 Å². The van der Waals surface area contributed by atoms with E-state index in [1.165, 1.54) is 0 Å². The molecule has 0 radical (unpaired) electrons. The standard InChI is InChI=1S/C14H17NO4/c16-12(2-1-3-14(18)19)10-4-6-11-9(8-10)5-7-13(17)15-11/h4,6,8,12,16H,1-3,5,7H2,(H,15,17)(H,18,19). The van der Waals surface area contributed by atoms with Crippen LogP contribution < -0.4 is 5.32 Å². The van der Waals surface area contributed by atoms with Gasteiger partial charge in [-0.25, -0.2) is 0 Å². The van der Waals surface area contributed by atoms with Gasteiger partial charge in [0, 0.05) is 18.5 Å². The molecule has 0 aliphatic carbocycles. The Morgan fingerprint density at radius 3 is 2.89 bits per heavy atom. The van der Waals surface area contributed by atoms with Crippen LogP contribution in [-0.2, 0) is 16.0 Å². The molecule has 19 heavy (non-hydrogen) atoms. The van der Waals surface area contributed by atoms with Crippen LogP contribution in [0.1, 0.15) is 42.9 Å². The number of fused-ring (bicyclic) bond motifs is 1. The van der Waals surface area contributed by atoms with Gasteiger partial charge in [-0.2, -0.15) is 0 Å². The Hall–Kier alpha value is -1.88. The van der Waals surface area contributed by atoms with E-state index in [0.717, 1.165) is 16.8 Å². The number of hydrogen-bond acceptors (Lipinski definition) is 3. The number of carbonyl (C=O) groups is 2. The van der Waals surface area contributed by atoms with E-state index in [1.54, 1.807) is 12.1 Å². The van der Waals surface area contributed by atoms with Gasteiger partial charge in [0.2, 0.25) is 5.91 Å². The zero-order chi connectivity index (χ0) is 13.8. The van der Waals surface area contributed by atoms with Gasteiger partial charge in [0.1, 0.15) is 0 Å². The Morgan fingerprint density at radius 1 is 1.37 bits per heavy atom. The second-order valence-corrected chi connectivity index (χ2v) is 4.77. The molecule has 0 saturated heterocycles. The molecule has 1 heterocycles. The van der Waals surface area contributed by atoms with Crippen molar-refractivity contribution in [3.63, 3.8) is 0 Å². The number of amides is 1. The number of nitrogens with one attached hydrogen (secondary N) is 1. The van der Waals surface area contributed by atoms with Crippen molar-refractivity contribution in [2.45, 2.75) is 38.2 Å². The van der Waals surface area contributed by atoms with Crippen LogP contribution in [0.5, 0.6) is 0 Å². The average molecular weight is 263 g/mol. The molecule has 1 aliphatic rings. The fraction of sp³-hybridized carbons (Fsp3) is 0.429. The third kappa shape index (κ3) is 3.54. The number of aliphatic hydroxyl groups excluding tert-OH is 1. The van der Waals surface area contributed by atoms with Gasteiger partial charge in [-0.05, 0) is 36.5 Å². The summed E-state index contributed by atoms with van der Waals surface area (Å²) in [5.41, 5.74) is 2.60. The van der Waals surface area contributed by atoms with Crippen LogP contribution in [0.2, 0.25) is 0 Å². The van der Waals surface area contributed by atoms with Crippen molar-refractivity contribution in [1.29, 1.82) is 0 Å². The topological polar surface area (TPSA) is 86.6 Å². The Kier molecular flexibility index (Phi) is 4.16. The van der Waals surface area contributed by atoms with Gasteiger partial charge in [0.25, 0.3) is 0 Å². The Balaban J connectivity index is 2.01. The Morgan fingerprint density at radius 2 is 2.16 bits per heavy atom. The average Bonchev–Trinajstić information content (AvgIpc) is 2.37. The molecule has 1 aromatic rings. The SMILES string of the molecule is O=C(O)CCCC(O)c1ccc2c(c1)CCC(=O)N2. The van der Waals surface area contributed by atoms with Crippen LogP contribution in [0.4, 0.5) is 5.69 Å². The molecule has 102 valence electrons. The minimum atomic E-state index is -0.847. The number of carboxylic acid groups (broad SMARTS) is 1. The van der Waals surface area contributed by atoms with Crippen LogP contribution in [0.15, 0.2) is 18.2 Å². The molecular weight excluding hydrogens is 246 g/mol. The number of carboxylic acids is 1. The van der Waals surface area contributed by atoms with Gasteiger partial charge >= 0.3 is 5.97 Å². The molecule has 1 atom stereocenters. The molecule has 0 fully saturated rings. The number of hydrogen-bond donors (Lipinski definition) is 3. The number of aryl methyl sites for hydroxylation is 1. The number of aliphatic carboxylic acids is 1. The van der Waals surface area contributed by atoms with Crippen LogP contribution in [0, 0.1) is 0 Å². The Labute approximate surface area is 111 Å². The Bertz CT molecular complexity index is 498. The summed E-state index contributed by atoms with van der Waals surface area (Å²) in [5.74, 6) is -0.831. The van der Waals surface area contributed by atoms with Gasteiger partial charge in [-0.3, -0.25) is 9.59 Å². The van der Waals surface area contributed by atoms with Crippen molar-refractivity contribution in [1.82, 2.24) is 0 Å². The lowest BCUT2D eigenvalue weighted by Gasteiger charge is -2.19. The largest absolute Gasteiger partial charge is 0.481 e. The maximum atomic E-state index is 11.2. The lowest BCUT2D eigenvalue weighted by Crippen LogP contribution is -2.19. The molecule has 0 bridgehead atoms. The van der Waals surface area contributed by atoms with E-state index in [9.17, 15) is 14.7 Å². The minimum absolute atomic E-state index is 0.0160. The predicted molar refractivity (Wildman–Crippen MR) is 69.8 cm³/mol. The lowest BCUT2D eigenvalue weighted by atomic mass is 9.96. The van der Waals surface area contributed by atoms with Crippen molar-refractivity contribution >= 4 is 17.6 Å². The molecule has 5 nitrogen and oxygen atoms in total. The quantitative estimate of drug-likeness (QED) is 0.756. The van der Waals surface area contributed by atoms with Crippen LogP contribution in [0.25, 0.3) is 0 Å². The van der Waals surface area contributed by atoms with Crippen LogP contribution in [0.3, 0.4) is 0 Å². The summed E-state index contributed by atoms with van der Waals surface area (Å²) >= 11 is 0. The molecule has 1 unspecified atom stereocenters. The molecule has 2 rings (SSSR count). The first-order valence-corrected chi connectivity index (χ1v) is 6.39. The maximum absolute atomic E-state index is 11.2. The summed E-state index contributed by atoms with van der Waals surface area (Å²) in [5, 5.41) is 21.4. The van der Waals surface area contributed by atoms with E-state index in [0.29, 0.717) is 25.7 Å². The molecule has 0 saturated carbocycles. The molecule has 1 amide bonds. The molecule has 1 aliphatic heterocycles. The van der Waals surface area contributed by atoms with Gasteiger partial charge in [0.05, 0.1) is 6.10 Å². The highest BCUT2D eigenvalue weighted by Crippen LogP contribution is 2.27. The molecule has 5 heteroatoms. The van der Waals surface area contributed by atoms with E-state index >= 15 is 0 Å². The molecule has 3 N–H and O–H groups in total. The number of carbonyl (C=O) groups excluding carboxylic acids is 1. The molecule has 0 aromatic heterocycles. The summed E-state index contributed by atoms with van der Waals surface area (Å²) in [4.78, 5) is 21.7. The summed E-state index contributed by atoms with van der Waals surface area (Å²) in [7, 11) is 0. The number of rotatable bonds is 5. The van der Waals surface area contributed by atoms with E-state index in [1.807, 2.05) is 6.07 Å². The number of aliphatic hydroxyl groups is 1. The third-order valence-electron chi connectivity index (χ3n) is 3.28. The molecule has 0 spiro atoms. The van der Waals surface area contributed by atoms with Gasteiger partial charge < -0.3 is 15.5 Å². The predicted octanol–water partition coefficient (Wildman–Crippen LogP) is 1.86. The van der Waals surface area contributed by atoms with E-state index in [-0.39, 0.29) is 12.3 Å². The fourth-order valence-corrected chi connectivity index (χ4v) is 2.22. The van der Waals surface area contributed by atoms with Crippen LogP contribution in [-0.4, -0.2) is 22.1 Å². The van der Waals surface area contributed by atoms with Gasteiger partial charge in [-0.1, -0.05) is 12.1 Å². The highest BCUT2D eigenvalue weighted by molar-refractivity contribution is 5.93. The lowest BCUT2D eigenvalue weighted by molar-refractivity contribution is -0.137. The highest BCUT2D eigenvalue weighted by Gasteiger charge is 2.17. The zero-order valence-corrected chi connectivity index (χ0v) is 10.6.